The summed E-state index contributed by atoms with van der Waals surface area (Å²) in [6.07, 6.45) is 0.619. The summed E-state index contributed by atoms with van der Waals surface area (Å²) < 4.78 is 25.8. The van der Waals surface area contributed by atoms with Crippen LogP contribution in [0.15, 0.2) is 60.7 Å². The SMILES string of the molecule is Cc1ccc(N2CCCS2(=O)=O)cc1NC(=O)c1cccc2ccccc12. The molecule has 0 aromatic heterocycles. The molecule has 1 heterocycles. The first-order valence-corrected chi connectivity index (χ1v) is 10.5. The number of hydrogen-bond acceptors (Lipinski definition) is 3. The minimum atomic E-state index is -3.26. The average Bonchev–Trinajstić information content (AvgIpc) is 3.02. The van der Waals surface area contributed by atoms with Gasteiger partial charge in [-0.25, -0.2) is 8.42 Å². The highest BCUT2D eigenvalue weighted by Gasteiger charge is 2.28. The van der Waals surface area contributed by atoms with Gasteiger partial charge < -0.3 is 5.32 Å². The van der Waals surface area contributed by atoms with Crippen molar-refractivity contribution in [2.24, 2.45) is 0 Å². The number of hydrogen-bond donors (Lipinski definition) is 1. The Balaban J connectivity index is 1.68. The molecule has 3 aromatic rings. The van der Waals surface area contributed by atoms with Gasteiger partial charge in [-0.15, -0.1) is 0 Å². The fourth-order valence-corrected chi connectivity index (χ4v) is 5.00. The van der Waals surface area contributed by atoms with Gasteiger partial charge in [-0.3, -0.25) is 9.10 Å². The number of rotatable bonds is 3. The Hall–Kier alpha value is -2.86. The molecule has 0 atom stereocenters. The van der Waals surface area contributed by atoms with E-state index in [-0.39, 0.29) is 11.7 Å². The van der Waals surface area contributed by atoms with Crippen molar-refractivity contribution in [2.45, 2.75) is 13.3 Å². The van der Waals surface area contributed by atoms with E-state index in [4.69, 9.17) is 0 Å². The number of aryl methyl sites for hydroxylation is 1. The summed E-state index contributed by atoms with van der Waals surface area (Å²) in [7, 11) is -3.26. The minimum absolute atomic E-state index is 0.165. The molecule has 0 unspecified atom stereocenters. The molecule has 0 spiro atoms. The van der Waals surface area contributed by atoms with Crippen molar-refractivity contribution in [3.05, 3.63) is 71.8 Å². The van der Waals surface area contributed by atoms with Crippen LogP contribution in [0.25, 0.3) is 10.8 Å². The monoisotopic (exact) mass is 380 g/mol. The number of amides is 1. The quantitative estimate of drug-likeness (QED) is 0.748. The molecular formula is C21H20N2O3S. The summed E-state index contributed by atoms with van der Waals surface area (Å²) in [5.74, 6) is -0.0465. The molecule has 6 heteroatoms. The van der Waals surface area contributed by atoms with Crippen molar-refractivity contribution < 1.29 is 13.2 Å². The van der Waals surface area contributed by atoms with Crippen LogP contribution in [-0.2, 0) is 10.0 Å². The van der Waals surface area contributed by atoms with E-state index in [1.807, 2.05) is 49.4 Å². The summed E-state index contributed by atoms with van der Waals surface area (Å²) in [6.45, 7) is 2.36. The Morgan fingerprint density at radius 3 is 2.59 bits per heavy atom. The third kappa shape index (κ3) is 3.28. The van der Waals surface area contributed by atoms with Gasteiger partial charge in [0.15, 0.2) is 0 Å². The van der Waals surface area contributed by atoms with Gasteiger partial charge in [0, 0.05) is 17.8 Å². The van der Waals surface area contributed by atoms with E-state index in [1.54, 1.807) is 18.2 Å². The second kappa shape index (κ2) is 6.70. The van der Waals surface area contributed by atoms with E-state index in [0.29, 0.717) is 29.9 Å². The van der Waals surface area contributed by atoms with Crippen molar-refractivity contribution in [3.63, 3.8) is 0 Å². The van der Waals surface area contributed by atoms with Gasteiger partial charge in [-0.05, 0) is 47.9 Å². The van der Waals surface area contributed by atoms with Crippen molar-refractivity contribution in [2.75, 3.05) is 21.9 Å². The average molecular weight is 380 g/mol. The maximum Gasteiger partial charge on any atom is 0.256 e. The third-order valence-corrected chi connectivity index (χ3v) is 6.76. The molecule has 138 valence electrons. The van der Waals surface area contributed by atoms with E-state index in [1.165, 1.54) is 4.31 Å². The molecule has 1 aliphatic heterocycles. The van der Waals surface area contributed by atoms with Gasteiger partial charge in [0.1, 0.15) is 0 Å². The highest BCUT2D eigenvalue weighted by atomic mass is 32.2. The third-order valence-electron chi connectivity index (χ3n) is 4.89. The zero-order valence-corrected chi connectivity index (χ0v) is 15.8. The first-order chi connectivity index (χ1) is 13.0. The van der Waals surface area contributed by atoms with Gasteiger partial charge in [0.05, 0.1) is 11.4 Å². The maximum atomic E-state index is 12.9. The summed E-state index contributed by atoms with van der Waals surface area (Å²) in [5, 5.41) is 4.83. The standard InChI is InChI=1S/C21H20N2O3S/c1-15-10-11-17(23-12-5-13-27(23,25)26)14-20(15)22-21(24)19-9-4-7-16-6-2-3-8-18(16)19/h2-4,6-11,14H,5,12-13H2,1H3,(H,22,24). The molecule has 0 radical (unpaired) electrons. The number of carbonyl (C=O) groups is 1. The van der Waals surface area contributed by atoms with Crippen molar-refractivity contribution in [3.8, 4) is 0 Å². The summed E-state index contributed by atoms with van der Waals surface area (Å²) in [5.41, 5.74) is 2.68. The lowest BCUT2D eigenvalue weighted by atomic mass is 10.0. The number of fused-ring (bicyclic) bond motifs is 1. The van der Waals surface area contributed by atoms with Gasteiger partial charge >= 0.3 is 0 Å². The van der Waals surface area contributed by atoms with Crippen LogP contribution in [0.2, 0.25) is 0 Å². The Kier molecular flexibility index (Phi) is 4.36. The number of sulfonamides is 1. The molecule has 1 amide bonds. The molecule has 1 fully saturated rings. The zero-order chi connectivity index (χ0) is 19.0. The second-order valence-electron chi connectivity index (χ2n) is 6.72. The van der Waals surface area contributed by atoms with Gasteiger partial charge in [-0.2, -0.15) is 0 Å². The van der Waals surface area contributed by atoms with Crippen molar-refractivity contribution in [1.82, 2.24) is 0 Å². The molecule has 0 aliphatic carbocycles. The lowest BCUT2D eigenvalue weighted by molar-refractivity contribution is 0.102. The number of carbonyl (C=O) groups excluding carboxylic acids is 1. The van der Waals surface area contributed by atoms with Crippen LogP contribution in [0, 0.1) is 6.92 Å². The van der Waals surface area contributed by atoms with Crippen LogP contribution < -0.4 is 9.62 Å². The molecule has 1 aliphatic rings. The number of nitrogens with zero attached hydrogens (tertiary/aromatic N) is 1. The highest BCUT2D eigenvalue weighted by Crippen LogP contribution is 2.29. The Labute approximate surface area is 158 Å². The van der Waals surface area contributed by atoms with Crippen LogP contribution in [0.4, 0.5) is 11.4 Å². The normalized spacial score (nSPS) is 15.8. The summed E-state index contributed by atoms with van der Waals surface area (Å²) >= 11 is 0. The highest BCUT2D eigenvalue weighted by molar-refractivity contribution is 7.93. The molecule has 1 N–H and O–H groups in total. The Morgan fingerprint density at radius 1 is 1.04 bits per heavy atom. The first kappa shape index (κ1) is 17.5. The van der Waals surface area contributed by atoms with Gasteiger partial charge in [0.2, 0.25) is 10.0 Å². The van der Waals surface area contributed by atoms with Crippen molar-refractivity contribution in [1.29, 1.82) is 0 Å². The Bertz CT molecular complexity index is 1130. The van der Waals surface area contributed by atoms with Gasteiger partial charge in [-0.1, -0.05) is 42.5 Å². The molecule has 0 saturated carbocycles. The molecule has 5 nitrogen and oxygen atoms in total. The fourth-order valence-electron chi connectivity index (χ4n) is 3.44. The van der Waals surface area contributed by atoms with E-state index >= 15 is 0 Å². The maximum absolute atomic E-state index is 12.9. The van der Waals surface area contributed by atoms with E-state index in [9.17, 15) is 13.2 Å². The van der Waals surface area contributed by atoms with Gasteiger partial charge in [0.25, 0.3) is 5.91 Å². The van der Waals surface area contributed by atoms with Crippen LogP contribution >= 0.6 is 0 Å². The van der Waals surface area contributed by atoms with Crippen LogP contribution in [0.1, 0.15) is 22.3 Å². The number of anilines is 2. The van der Waals surface area contributed by atoms with Crippen LogP contribution in [-0.4, -0.2) is 26.6 Å². The summed E-state index contributed by atoms with van der Waals surface area (Å²) in [4.78, 5) is 12.9. The van der Waals surface area contributed by atoms with Crippen LogP contribution in [0.3, 0.4) is 0 Å². The molecule has 4 rings (SSSR count). The topological polar surface area (TPSA) is 66.5 Å². The smallest absolute Gasteiger partial charge is 0.256 e. The fraction of sp³-hybridized carbons (Fsp3) is 0.190. The zero-order valence-electron chi connectivity index (χ0n) is 15.0. The Morgan fingerprint density at radius 2 is 1.81 bits per heavy atom. The molecule has 3 aromatic carbocycles. The predicted octanol–water partition coefficient (Wildman–Crippen LogP) is 3.94. The van der Waals surface area contributed by atoms with E-state index in [0.717, 1.165) is 16.3 Å². The first-order valence-electron chi connectivity index (χ1n) is 8.86. The molecule has 27 heavy (non-hydrogen) atoms. The lowest BCUT2D eigenvalue weighted by Crippen LogP contribution is -2.25. The number of benzene rings is 3. The molecule has 0 bridgehead atoms. The largest absolute Gasteiger partial charge is 0.322 e. The number of nitrogens with one attached hydrogen (secondary N) is 1. The molecule has 1 saturated heterocycles. The van der Waals surface area contributed by atoms with E-state index in [2.05, 4.69) is 5.32 Å². The second-order valence-corrected chi connectivity index (χ2v) is 8.73. The summed E-state index contributed by atoms with van der Waals surface area (Å²) in [6, 6.07) is 18.7. The van der Waals surface area contributed by atoms with E-state index < -0.39 is 10.0 Å². The van der Waals surface area contributed by atoms with Crippen molar-refractivity contribution >= 4 is 38.1 Å². The predicted molar refractivity (Wildman–Crippen MR) is 109 cm³/mol. The minimum Gasteiger partial charge on any atom is -0.322 e. The van der Waals surface area contributed by atoms with Crippen LogP contribution in [0.5, 0.6) is 0 Å². The molecular weight excluding hydrogens is 360 g/mol. The lowest BCUT2D eigenvalue weighted by Gasteiger charge is -2.19.